The number of hydrogen-bond donors (Lipinski definition) is 2. The lowest BCUT2D eigenvalue weighted by Crippen LogP contribution is -2.10. The van der Waals surface area contributed by atoms with Crippen LogP contribution in [0.1, 0.15) is 22.0 Å². The van der Waals surface area contributed by atoms with Gasteiger partial charge >= 0.3 is 5.97 Å². The van der Waals surface area contributed by atoms with Crippen molar-refractivity contribution in [2.24, 2.45) is 5.73 Å². The monoisotopic (exact) mass is 183 g/mol. The second-order valence-electron chi connectivity index (χ2n) is 2.31. The highest BCUT2D eigenvalue weighted by Gasteiger charge is 2.14. The van der Waals surface area contributed by atoms with Crippen molar-refractivity contribution in [1.29, 1.82) is 0 Å². The van der Waals surface area contributed by atoms with E-state index in [1.54, 1.807) is 10.8 Å². The van der Waals surface area contributed by atoms with Gasteiger partial charge in [-0.1, -0.05) is 6.08 Å². The number of rotatable bonds is 3. The summed E-state index contributed by atoms with van der Waals surface area (Å²) >= 11 is 1.33. The van der Waals surface area contributed by atoms with Gasteiger partial charge in [-0.2, -0.15) is 11.3 Å². The van der Waals surface area contributed by atoms with Crippen molar-refractivity contribution >= 4 is 17.3 Å². The fourth-order valence-corrected chi connectivity index (χ4v) is 1.74. The van der Waals surface area contributed by atoms with Crippen LogP contribution in [0.2, 0.25) is 0 Å². The summed E-state index contributed by atoms with van der Waals surface area (Å²) in [5, 5.41) is 12.0. The Morgan fingerprint density at radius 3 is 2.92 bits per heavy atom. The Balaban J connectivity index is 3.06. The molecule has 0 aromatic carbocycles. The van der Waals surface area contributed by atoms with Crippen molar-refractivity contribution in [3.63, 3.8) is 0 Å². The molecular formula is C8H9NO2S. The molecule has 1 atom stereocenters. The molecule has 0 saturated carbocycles. The van der Waals surface area contributed by atoms with Gasteiger partial charge in [-0.25, -0.2) is 4.79 Å². The standard InChI is InChI=1S/C8H9NO2S/c1-2-7(9)5-3-12-4-6(5)8(10)11/h2-4,7H,1,9H2,(H,10,11)/t7-/m1/s1. The smallest absolute Gasteiger partial charge is 0.336 e. The van der Waals surface area contributed by atoms with Gasteiger partial charge in [0.25, 0.3) is 0 Å². The van der Waals surface area contributed by atoms with Gasteiger partial charge in [0, 0.05) is 11.4 Å². The Kier molecular flexibility index (Phi) is 2.62. The summed E-state index contributed by atoms with van der Waals surface area (Å²) in [4.78, 5) is 10.6. The Hall–Kier alpha value is -1.13. The van der Waals surface area contributed by atoms with Crippen LogP contribution in [0.25, 0.3) is 0 Å². The third-order valence-electron chi connectivity index (χ3n) is 1.54. The quantitative estimate of drug-likeness (QED) is 0.700. The maximum Gasteiger partial charge on any atom is 0.336 e. The Bertz CT molecular complexity index is 306. The van der Waals surface area contributed by atoms with Crippen LogP contribution in [0, 0.1) is 0 Å². The van der Waals surface area contributed by atoms with E-state index in [9.17, 15) is 4.79 Å². The molecule has 4 heteroatoms. The van der Waals surface area contributed by atoms with E-state index >= 15 is 0 Å². The number of nitrogens with two attached hydrogens (primary N) is 1. The predicted molar refractivity (Wildman–Crippen MR) is 48.4 cm³/mol. The topological polar surface area (TPSA) is 63.3 Å². The van der Waals surface area contributed by atoms with Crippen LogP contribution in [0.3, 0.4) is 0 Å². The second-order valence-corrected chi connectivity index (χ2v) is 3.05. The van der Waals surface area contributed by atoms with E-state index in [1.807, 2.05) is 0 Å². The number of carboxylic acids is 1. The van der Waals surface area contributed by atoms with E-state index in [2.05, 4.69) is 6.58 Å². The van der Waals surface area contributed by atoms with Crippen LogP contribution in [0.5, 0.6) is 0 Å². The molecule has 0 aliphatic carbocycles. The Morgan fingerprint density at radius 2 is 2.42 bits per heavy atom. The lowest BCUT2D eigenvalue weighted by Gasteiger charge is -2.03. The van der Waals surface area contributed by atoms with E-state index in [4.69, 9.17) is 10.8 Å². The first-order valence-corrected chi connectivity index (χ1v) is 4.28. The van der Waals surface area contributed by atoms with Crippen molar-refractivity contribution in [2.75, 3.05) is 0 Å². The van der Waals surface area contributed by atoms with Gasteiger partial charge in [0.15, 0.2) is 0 Å². The number of carbonyl (C=O) groups is 1. The van der Waals surface area contributed by atoms with Crippen molar-refractivity contribution < 1.29 is 9.90 Å². The molecule has 3 N–H and O–H groups in total. The summed E-state index contributed by atoms with van der Waals surface area (Å²) in [6.07, 6.45) is 1.52. The zero-order valence-corrected chi connectivity index (χ0v) is 7.17. The normalized spacial score (nSPS) is 12.4. The summed E-state index contributed by atoms with van der Waals surface area (Å²) in [5.41, 5.74) is 6.50. The summed E-state index contributed by atoms with van der Waals surface area (Å²) in [6, 6.07) is -0.387. The highest BCUT2D eigenvalue weighted by Crippen LogP contribution is 2.21. The molecule has 64 valence electrons. The minimum Gasteiger partial charge on any atom is -0.478 e. The maximum atomic E-state index is 10.6. The molecule has 0 spiro atoms. The molecule has 1 aromatic heterocycles. The molecule has 0 unspecified atom stereocenters. The fourth-order valence-electron chi connectivity index (χ4n) is 0.866. The number of thiophene rings is 1. The first kappa shape index (κ1) is 8.96. The Labute approximate surface area is 74.1 Å². The maximum absolute atomic E-state index is 10.6. The average molecular weight is 183 g/mol. The van der Waals surface area contributed by atoms with Gasteiger partial charge in [0.2, 0.25) is 0 Å². The first-order valence-electron chi connectivity index (χ1n) is 3.34. The third kappa shape index (κ3) is 1.54. The summed E-state index contributed by atoms with van der Waals surface area (Å²) < 4.78 is 0. The van der Waals surface area contributed by atoms with Crippen molar-refractivity contribution in [3.05, 3.63) is 34.5 Å². The minimum absolute atomic E-state index is 0.271. The zero-order chi connectivity index (χ0) is 9.14. The van der Waals surface area contributed by atoms with Crippen LogP contribution >= 0.6 is 11.3 Å². The van der Waals surface area contributed by atoms with Crippen molar-refractivity contribution in [3.8, 4) is 0 Å². The van der Waals surface area contributed by atoms with Crippen LogP contribution < -0.4 is 5.73 Å². The summed E-state index contributed by atoms with van der Waals surface area (Å²) in [5.74, 6) is -0.941. The molecule has 1 heterocycles. The zero-order valence-electron chi connectivity index (χ0n) is 6.36. The average Bonchev–Trinajstić information content (AvgIpc) is 2.50. The predicted octanol–water partition coefficient (Wildman–Crippen LogP) is 1.63. The lowest BCUT2D eigenvalue weighted by atomic mass is 10.1. The minimum atomic E-state index is -0.941. The largest absolute Gasteiger partial charge is 0.478 e. The van der Waals surface area contributed by atoms with E-state index in [1.165, 1.54) is 17.4 Å². The van der Waals surface area contributed by atoms with Crippen LogP contribution in [-0.2, 0) is 0 Å². The molecule has 0 radical (unpaired) electrons. The molecule has 12 heavy (non-hydrogen) atoms. The number of aromatic carboxylic acids is 1. The highest BCUT2D eigenvalue weighted by molar-refractivity contribution is 7.08. The molecule has 3 nitrogen and oxygen atoms in total. The molecule has 0 aliphatic rings. The molecule has 0 aliphatic heterocycles. The summed E-state index contributed by atoms with van der Waals surface area (Å²) in [6.45, 7) is 3.50. The van der Waals surface area contributed by atoms with Crippen LogP contribution in [0.4, 0.5) is 0 Å². The lowest BCUT2D eigenvalue weighted by molar-refractivity contribution is 0.0696. The third-order valence-corrected chi connectivity index (χ3v) is 2.30. The van der Waals surface area contributed by atoms with E-state index < -0.39 is 5.97 Å². The SMILES string of the molecule is C=C[C@@H](N)c1cscc1C(=O)O. The molecule has 0 saturated heterocycles. The second kappa shape index (κ2) is 3.51. The molecule has 1 rings (SSSR count). The van der Waals surface area contributed by atoms with Gasteiger partial charge in [-0.05, 0) is 10.9 Å². The van der Waals surface area contributed by atoms with Gasteiger partial charge in [0.1, 0.15) is 0 Å². The van der Waals surface area contributed by atoms with E-state index in [0.29, 0.717) is 5.56 Å². The molecular weight excluding hydrogens is 174 g/mol. The molecule has 0 bridgehead atoms. The van der Waals surface area contributed by atoms with Crippen LogP contribution in [-0.4, -0.2) is 11.1 Å². The molecule has 0 fully saturated rings. The van der Waals surface area contributed by atoms with Crippen molar-refractivity contribution in [1.82, 2.24) is 0 Å². The fraction of sp³-hybridized carbons (Fsp3) is 0.125. The van der Waals surface area contributed by atoms with Crippen molar-refractivity contribution in [2.45, 2.75) is 6.04 Å². The molecule has 0 amide bonds. The number of hydrogen-bond acceptors (Lipinski definition) is 3. The van der Waals surface area contributed by atoms with Gasteiger partial charge in [-0.3, -0.25) is 0 Å². The molecule has 1 aromatic rings. The van der Waals surface area contributed by atoms with Gasteiger partial charge < -0.3 is 10.8 Å². The number of carboxylic acid groups (broad SMARTS) is 1. The van der Waals surface area contributed by atoms with Gasteiger partial charge in [-0.15, -0.1) is 6.58 Å². The van der Waals surface area contributed by atoms with E-state index in [0.717, 1.165) is 0 Å². The summed E-state index contributed by atoms with van der Waals surface area (Å²) in [7, 11) is 0. The first-order chi connectivity index (χ1) is 5.66. The highest BCUT2D eigenvalue weighted by atomic mass is 32.1. The van der Waals surface area contributed by atoms with Gasteiger partial charge in [0.05, 0.1) is 5.56 Å². The van der Waals surface area contributed by atoms with Crippen LogP contribution in [0.15, 0.2) is 23.4 Å². The Morgan fingerprint density at radius 1 is 1.75 bits per heavy atom. The van der Waals surface area contributed by atoms with E-state index in [-0.39, 0.29) is 11.6 Å².